The summed E-state index contributed by atoms with van der Waals surface area (Å²) in [5, 5.41) is 0.407. The number of rotatable bonds is 1. The lowest BCUT2D eigenvalue weighted by molar-refractivity contribution is 0.637. The van der Waals surface area contributed by atoms with Gasteiger partial charge in [0.2, 0.25) is 0 Å². The zero-order valence-corrected chi connectivity index (χ0v) is 7.38. The van der Waals surface area contributed by atoms with E-state index in [1.54, 1.807) is 0 Å². The molecule has 3 nitrogen and oxygen atoms in total. The summed E-state index contributed by atoms with van der Waals surface area (Å²) in [5.41, 5.74) is 0. The van der Waals surface area contributed by atoms with Gasteiger partial charge in [0.25, 0.3) is 0 Å². The molecule has 0 aliphatic carbocycles. The molecule has 1 aromatic heterocycles. The Morgan fingerprint density at radius 3 is 2.10 bits per heavy atom. The Bertz CT molecular complexity index is 224. The Hall–Kier alpha value is -0.110. The SMILES string of the molecule is POc1c(Cl)ncnc1Cl. The lowest BCUT2D eigenvalue weighted by Gasteiger charge is -2.00. The second-order valence-corrected chi connectivity index (χ2v) is 2.35. The van der Waals surface area contributed by atoms with Gasteiger partial charge in [-0.2, -0.15) is 0 Å². The Balaban J connectivity index is 3.17. The van der Waals surface area contributed by atoms with Crippen LogP contribution in [0.15, 0.2) is 6.33 Å². The number of nitrogens with zero attached hydrogens (tertiary/aromatic N) is 2. The molecule has 0 radical (unpaired) electrons. The highest BCUT2D eigenvalue weighted by atomic mass is 35.5. The minimum absolute atomic E-state index is 0.204. The average Bonchev–Trinajstić information content (AvgIpc) is 1.88. The minimum Gasteiger partial charge on any atom is -0.474 e. The monoisotopic (exact) mass is 196 g/mol. The van der Waals surface area contributed by atoms with Crippen LogP contribution in [0.2, 0.25) is 10.3 Å². The first-order valence-corrected chi connectivity index (χ1v) is 3.51. The van der Waals surface area contributed by atoms with Crippen molar-refractivity contribution in [3.8, 4) is 5.75 Å². The van der Waals surface area contributed by atoms with E-state index in [2.05, 4.69) is 9.97 Å². The van der Waals surface area contributed by atoms with Crippen LogP contribution in [0.25, 0.3) is 0 Å². The van der Waals surface area contributed by atoms with Gasteiger partial charge >= 0.3 is 0 Å². The predicted molar refractivity (Wildman–Crippen MR) is 42.4 cm³/mol. The Morgan fingerprint density at radius 2 is 1.80 bits per heavy atom. The zero-order chi connectivity index (χ0) is 7.56. The number of aromatic nitrogens is 2. The molecule has 54 valence electrons. The van der Waals surface area contributed by atoms with Gasteiger partial charge in [-0.15, -0.1) is 0 Å². The molecule has 1 atom stereocenters. The molecule has 0 bridgehead atoms. The van der Waals surface area contributed by atoms with Crippen molar-refractivity contribution in [1.29, 1.82) is 0 Å². The molecule has 0 saturated carbocycles. The summed E-state index contributed by atoms with van der Waals surface area (Å²) < 4.78 is 4.70. The summed E-state index contributed by atoms with van der Waals surface area (Å²) in [7, 11) is 2.01. The van der Waals surface area contributed by atoms with Crippen LogP contribution in [0.1, 0.15) is 0 Å². The van der Waals surface area contributed by atoms with Crippen molar-refractivity contribution in [3.63, 3.8) is 0 Å². The van der Waals surface area contributed by atoms with Gasteiger partial charge in [0.1, 0.15) is 6.33 Å². The van der Waals surface area contributed by atoms with E-state index in [9.17, 15) is 0 Å². The number of hydrogen-bond acceptors (Lipinski definition) is 3. The lowest BCUT2D eigenvalue weighted by Crippen LogP contribution is -1.85. The van der Waals surface area contributed by atoms with Crippen molar-refractivity contribution in [3.05, 3.63) is 16.6 Å². The van der Waals surface area contributed by atoms with Crippen LogP contribution in [-0.4, -0.2) is 9.97 Å². The van der Waals surface area contributed by atoms with Crippen LogP contribution in [0.4, 0.5) is 0 Å². The Morgan fingerprint density at radius 1 is 1.30 bits per heavy atom. The second-order valence-electron chi connectivity index (χ2n) is 1.40. The van der Waals surface area contributed by atoms with Crippen LogP contribution in [0.3, 0.4) is 0 Å². The quantitative estimate of drug-likeness (QED) is 0.509. The smallest absolute Gasteiger partial charge is 0.197 e. The van der Waals surface area contributed by atoms with E-state index in [4.69, 9.17) is 27.7 Å². The third kappa shape index (κ3) is 1.48. The summed E-state index contributed by atoms with van der Waals surface area (Å²) in [6.07, 6.45) is 1.26. The molecule has 6 heteroatoms. The molecule has 0 fully saturated rings. The molecule has 10 heavy (non-hydrogen) atoms. The summed E-state index contributed by atoms with van der Waals surface area (Å²) in [5.74, 6) is 0.274. The summed E-state index contributed by atoms with van der Waals surface area (Å²) in [6, 6.07) is 0. The lowest BCUT2D eigenvalue weighted by atomic mass is 10.6. The van der Waals surface area contributed by atoms with Gasteiger partial charge in [0.15, 0.2) is 16.1 Å². The maximum absolute atomic E-state index is 5.56. The van der Waals surface area contributed by atoms with Crippen LogP contribution in [-0.2, 0) is 0 Å². The fraction of sp³-hybridized carbons (Fsp3) is 0. The summed E-state index contributed by atoms with van der Waals surface area (Å²) >= 11 is 11.1. The number of halogens is 2. The fourth-order valence-corrected chi connectivity index (χ4v) is 1.21. The van der Waals surface area contributed by atoms with Gasteiger partial charge in [-0.25, -0.2) is 9.97 Å². The van der Waals surface area contributed by atoms with E-state index < -0.39 is 0 Å². The molecule has 0 N–H and O–H groups in total. The largest absolute Gasteiger partial charge is 0.474 e. The van der Waals surface area contributed by atoms with Crippen molar-refractivity contribution in [2.75, 3.05) is 0 Å². The predicted octanol–water partition coefficient (Wildman–Crippen LogP) is 1.95. The average molecular weight is 197 g/mol. The molecule has 1 rings (SSSR count). The zero-order valence-electron chi connectivity index (χ0n) is 4.71. The van der Waals surface area contributed by atoms with Gasteiger partial charge in [-0.3, -0.25) is 0 Å². The molecule has 0 aromatic carbocycles. The molecular formula is C4H3Cl2N2OP. The topological polar surface area (TPSA) is 35.0 Å². The second kappa shape index (κ2) is 3.33. The Kier molecular flexibility index (Phi) is 2.66. The van der Waals surface area contributed by atoms with Crippen molar-refractivity contribution in [2.45, 2.75) is 0 Å². The van der Waals surface area contributed by atoms with E-state index in [0.717, 1.165) is 0 Å². The van der Waals surface area contributed by atoms with E-state index in [1.165, 1.54) is 6.33 Å². The van der Waals surface area contributed by atoms with Crippen molar-refractivity contribution < 1.29 is 4.52 Å². The highest BCUT2D eigenvalue weighted by molar-refractivity contribution is 7.10. The van der Waals surface area contributed by atoms with Crippen LogP contribution >= 0.6 is 32.7 Å². The first kappa shape index (κ1) is 7.99. The number of hydrogen-bond donors (Lipinski definition) is 0. The van der Waals surface area contributed by atoms with Gasteiger partial charge < -0.3 is 4.52 Å². The minimum atomic E-state index is 0.204. The van der Waals surface area contributed by atoms with Crippen molar-refractivity contribution >= 4 is 32.7 Å². The molecule has 1 unspecified atom stereocenters. The normalized spacial score (nSPS) is 9.50. The van der Waals surface area contributed by atoms with Crippen LogP contribution in [0.5, 0.6) is 5.75 Å². The van der Waals surface area contributed by atoms with Crippen LogP contribution in [0, 0.1) is 0 Å². The standard InChI is InChI=1S/C4H3Cl2N2OP/c5-3-2(9-10)4(6)8-1-7-3/h1H,10H2. The molecule has 0 aliphatic heterocycles. The van der Waals surface area contributed by atoms with Gasteiger partial charge in [0.05, 0.1) is 9.47 Å². The molecule has 1 heterocycles. The third-order valence-electron chi connectivity index (χ3n) is 0.835. The van der Waals surface area contributed by atoms with Crippen LogP contribution < -0.4 is 4.52 Å². The van der Waals surface area contributed by atoms with Crippen molar-refractivity contribution in [2.24, 2.45) is 0 Å². The molecule has 0 aliphatic rings. The van der Waals surface area contributed by atoms with Crippen molar-refractivity contribution in [1.82, 2.24) is 9.97 Å². The molecule has 0 spiro atoms. The maximum Gasteiger partial charge on any atom is 0.197 e. The molecule has 1 aromatic rings. The van der Waals surface area contributed by atoms with E-state index in [0.29, 0.717) is 0 Å². The van der Waals surface area contributed by atoms with Gasteiger partial charge in [0, 0.05) is 0 Å². The highest BCUT2D eigenvalue weighted by Gasteiger charge is 2.06. The maximum atomic E-state index is 5.56. The van der Waals surface area contributed by atoms with E-state index >= 15 is 0 Å². The van der Waals surface area contributed by atoms with Gasteiger partial charge in [-0.1, -0.05) is 23.2 Å². The third-order valence-corrected chi connectivity index (χ3v) is 1.61. The first-order chi connectivity index (χ1) is 4.75. The Labute approximate surface area is 70.0 Å². The molecule has 0 saturated heterocycles. The van der Waals surface area contributed by atoms with Gasteiger partial charge in [-0.05, 0) is 0 Å². The first-order valence-electron chi connectivity index (χ1n) is 2.28. The fourth-order valence-electron chi connectivity index (χ4n) is 0.430. The molecule has 0 amide bonds. The molecular weight excluding hydrogens is 194 g/mol. The van der Waals surface area contributed by atoms with E-state index in [-0.39, 0.29) is 16.1 Å². The van der Waals surface area contributed by atoms with E-state index in [1.807, 2.05) is 9.47 Å². The summed E-state index contributed by atoms with van der Waals surface area (Å²) in [6.45, 7) is 0. The highest BCUT2D eigenvalue weighted by Crippen LogP contribution is 2.29. The summed E-state index contributed by atoms with van der Waals surface area (Å²) in [4.78, 5) is 7.28.